The minimum atomic E-state index is 0.610. The van der Waals surface area contributed by atoms with E-state index in [1.807, 2.05) is 0 Å². The van der Waals surface area contributed by atoms with Gasteiger partial charge < -0.3 is 5.73 Å². The number of benzene rings is 1. The molecule has 0 spiro atoms. The molecule has 4 heteroatoms. The highest BCUT2D eigenvalue weighted by Gasteiger charge is 2.11. The number of thioether (sulfide) groups is 1. The Bertz CT molecular complexity index is 362. The number of nitrogens with zero attached hydrogens (tertiary/aromatic N) is 1. The Balaban J connectivity index is 2.01. The van der Waals surface area contributed by atoms with E-state index >= 15 is 0 Å². The summed E-state index contributed by atoms with van der Waals surface area (Å²) >= 11 is 5.72. The molecule has 0 saturated carbocycles. The van der Waals surface area contributed by atoms with Crippen LogP contribution < -0.4 is 5.73 Å². The molecule has 0 bridgehead atoms. The van der Waals surface area contributed by atoms with E-state index in [0.29, 0.717) is 6.54 Å². The van der Waals surface area contributed by atoms with E-state index in [9.17, 15) is 0 Å². The van der Waals surface area contributed by atoms with Crippen LogP contribution in [0.25, 0.3) is 0 Å². The van der Waals surface area contributed by atoms with Gasteiger partial charge in [-0.15, -0.1) is 0 Å². The van der Waals surface area contributed by atoms with Crippen molar-refractivity contribution in [2.45, 2.75) is 19.5 Å². The van der Waals surface area contributed by atoms with Gasteiger partial charge in [0.15, 0.2) is 0 Å². The van der Waals surface area contributed by atoms with Gasteiger partial charge in [-0.1, -0.05) is 28.1 Å². The second kappa shape index (κ2) is 6.78. The standard InChI is InChI=1S/C13H19BrN2S/c14-13-8-11(9-15)2-3-12(13)10-16-4-1-6-17-7-5-16/h2-3,8H,1,4-7,9-10,15H2. The van der Waals surface area contributed by atoms with Crippen molar-refractivity contribution in [3.8, 4) is 0 Å². The minimum Gasteiger partial charge on any atom is -0.326 e. The number of hydrogen-bond acceptors (Lipinski definition) is 3. The van der Waals surface area contributed by atoms with Gasteiger partial charge in [-0.25, -0.2) is 0 Å². The Morgan fingerprint density at radius 1 is 1.29 bits per heavy atom. The molecular weight excluding hydrogens is 296 g/mol. The lowest BCUT2D eigenvalue weighted by atomic mass is 10.1. The van der Waals surface area contributed by atoms with Gasteiger partial charge in [0.25, 0.3) is 0 Å². The molecule has 0 unspecified atom stereocenters. The zero-order valence-corrected chi connectivity index (χ0v) is 12.4. The highest BCUT2D eigenvalue weighted by Crippen LogP contribution is 2.21. The molecule has 0 amide bonds. The Hall–Kier alpha value is -0.0300. The lowest BCUT2D eigenvalue weighted by Gasteiger charge is -2.20. The molecule has 0 aromatic heterocycles. The van der Waals surface area contributed by atoms with Crippen LogP contribution in [0.2, 0.25) is 0 Å². The minimum absolute atomic E-state index is 0.610. The topological polar surface area (TPSA) is 29.3 Å². The van der Waals surface area contributed by atoms with E-state index < -0.39 is 0 Å². The first-order valence-corrected chi connectivity index (χ1v) is 8.02. The van der Waals surface area contributed by atoms with Gasteiger partial charge in [0.05, 0.1) is 0 Å². The smallest absolute Gasteiger partial charge is 0.0245 e. The van der Waals surface area contributed by atoms with E-state index in [1.54, 1.807) is 0 Å². The third kappa shape index (κ3) is 3.98. The molecular formula is C13H19BrN2S. The van der Waals surface area contributed by atoms with Crippen molar-refractivity contribution in [3.63, 3.8) is 0 Å². The highest BCUT2D eigenvalue weighted by molar-refractivity contribution is 9.10. The van der Waals surface area contributed by atoms with Crippen molar-refractivity contribution in [1.82, 2.24) is 4.90 Å². The summed E-state index contributed by atoms with van der Waals surface area (Å²) in [4.78, 5) is 2.54. The number of hydrogen-bond donors (Lipinski definition) is 1. The SMILES string of the molecule is NCc1ccc(CN2CCCSCC2)c(Br)c1. The highest BCUT2D eigenvalue weighted by atomic mass is 79.9. The molecule has 1 aliphatic heterocycles. The largest absolute Gasteiger partial charge is 0.326 e. The third-order valence-electron chi connectivity index (χ3n) is 3.06. The van der Waals surface area contributed by atoms with E-state index in [-0.39, 0.29) is 0 Å². The van der Waals surface area contributed by atoms with Gasteiger partial charge in [-0.05, 0) is 35.9 Å². The molecule has 1 heterocycles. The molecule has 1 saturated heterocycles. The zero-order valence-electron chi connectivity index (χ0n) is 9.99. The molecule has 0 radical (unpaired) electrons. The number of nitrogens with two attached hydrogens (primary N) is 1. The Morgan fingerprint density at radius 2 is 2.18 bits per heavy atom. The Morgan fingerprint density at radius 3 is 2.94 bits per heavy atom. The summed E-state index contributed by atoms with van der Waals surface area (Å²) in [6.07, 6.45) is 1.31. The first-order valence-electron chi connectivity index (χ1n) is 6.07. The third-order valence-corrected chi connectivity index (χ3v) is 4.85. The summed E-state index contributed by atoms with van der Waals surface area (Å²) in [5.41, 5.74) is 8.20. The maximum atomic E-state index is 5.64. The maximum absolute atomic E-state index is 5.64. The molecule has 2 rings (SSSR count). The van der Waals surface area contributed by atoms with Crippen LogP contribution in [0, 0.1) is 0 Å². The van der Waals surface area contributed by atoms with Gasteiger partial charge in [0, 0.05) is 29.9 Å². The van der Waals surface area contributed by atoms with Crippen molar-refractivity contribution in [3.05, 3.63) is 33.8 Å². The normalized spacial score (nSPS) is 18.0. The van der Waals surface area contributed by atoms with Crippen LogP contribution in [0.3, 0.4) is 0 Å². The summed E-state index contributed by atoms with van der Waals surface area (Å²) in [5, 5.41) is 0. The Labute approximate surface area is 116 Å². The van der Waals surface area contributed by atoms with Gasteiger partial charge in [0.2, 0.25) is 0 Å². The molecule has 1 aromatic rings. The Kier molecular flexibility index (Phi) is 5.35. The molecule has 2 N–H and O–H groups in total. The van der Waals surface area contributed by atoms with Gasteiger partial charge >= 0.3 is 0 Å². The van der Waals surface area contributed by atoms with E-state index in [2.05, 4.69) is 50.8 Å². The van der Waals surface area contributed by atoms with Gasteiger partial charge in [-0.3, -0.25) is 4.90 Å². The fourth-order valence-electron chi connectivity index (χ4n) is 2.04. The maximum Gasteiger partial charge on any atom is 0.0245 e. The monoisotopic (exact) mass is 314 g/mol. The van der Waals surface area contributed by atoms with Crippen LogP contribution in [0.4, 0.5) is 0 Å². The van der Waals surface area contributed by atoms with Crippen molar-refractivity contribution in [2.75, 3.05) is 24.6 Å². The number of halogens is 1. The number of rotatable bonds is 3. The van der Waals surface area contributed by atoms with Crippen LogP contribution in [0.1, 0.15) is 17.5 Å². The van der Waals surface area contributed by atoms with E-state index in [0.717, 1.165) is 6.54 Å². The van der Waals surface area contributed by atoms with Crippen LogP contribution in [-0.2, 0) is 13.1 Å². The first-order chi connectivity index (χ1) is 8.29. The van der Waals surface area contributed by atoms with E-state index in [1.165, 1.54) is 46.6 Å². The molecule has 1 aliphatic rings. The second-order valence-electron chi connectivity index (χ2n) is 4.37. The van der Waals surface area contributed by atoms with Crippen LogP contribution in [0.15, 0.2) is 22.7 Å². The quantitative estimate of drug-likeness (QED) is 0.930. The van der Waals surface area contributed by atoms with Crippen molar-refractivity contribution in [2.24, 2.45) is 5.73 Å². The van der Waals surface area contributed by atoms with Gasteiger partial charge in [0.1, 0.15) is 0 Å². The van der Waals surface area contributed by atoms with Crippen molar-refractivity contribution >= 4 is 27.7 Å². The van der Waals surface area contributed by atoms with Gasteiger partial charge in [-0.2, -0.15) is 11.8 Å². The average Bonchev–Trinajstić information content (AvgIpc) is 2.60. The summed E-state index contributed by atoms with van der Waals surface area (Å²) in [5.74, 6) is 2.57. The van der Waals surface area contributed by atoms with Crippen LogP contribution in [-0.4, -0.2) is 29.5 Å². The molecule has 0 aliphatic carbocycles. The summed E-state index contributed by atoms with van der Waals surface area (Å²) in [6.45, 7) is 4.08. The molecule has 17 heavy (non-hydrogen) atoms. The lowest BCUT2D eigenvalue weighted by Crippen LogP contribution is -2.25. The molecule has 2 nitrogen and oxygen atoms in total. The predicted molar refractivity (Wildman–Crippen MR) is 79.3 cm³/mol. The molecule has 94 valence electrons. The summed E-state index contributed by atoms with van der Waals surface area (Å²) < 4.78 is 1.19. The van der Waals surface area contributed by atoms with E-state index in [4.69, 9.17) is 5.73 Å². The first kappa shape index (κ1) is 13.4. The van der Waals surface area contributed by atoms with Crippen LogP contribution in [0.5, 0.6) is 0 Å². The van der Waals surface area contributed by atoms with Crippen molar-refractivity contribution in [1.29, 1.82) is 0 Å². The second-order valence-corrected chi connectivity index (χ2v) is 6.45. The zero-order chi connectivity index (χ0) is 12.1. The molecule has 1 aromatic carbocycles. The summed E-state index contributed by atoms with van der Waals surface area (Å²) in [7, 11) is 0. The summed E-state index contributed by atoms with van der Waals surface area (Å²) in [6, 6.07) is 6.47. The predicted octanol–water partition coefficient (Wildman–Crippen LogP) is 2.85. The van der Waals surface area contributed by atoms with Crippen molar-refractivity contribution < 1.29 is 0 Å². The molecule has 1 fully saturated rings. The van der Waals surface area contributed by atoms with Crippen LogP contribution >= 0.6 is 27.7 Å². The molecule has 0 atom stereocenters. The fraction of sp³-hybridized carbons (Fsp3) is 0.538. The lowest BCUT2D eigenvalue weighted by molar-refractivity contribution is 0.287. The fourth-order valence-corrected chi connectivity index (χ4v) is 3.52. The average molecular weight is 315 g/mol.